The van der Waals surface area contributed by atoms with Gasteiger partial charge in [-0.2, -0.15) is 13.2 Å². The summed E-state index contributed by atoms with van der Waals surface area (Å²) in [5.74, 6) is -0.219. The molecule has 6 nitrogen and oxygen atoms in total. The van der Waals surface area contributed by atoms with Gasteiger partial charge >= 0.3 is 12.1 Å². The number of carbonyl (C=O) groups excluding carboxylic acids is 1. The van der Waals surface area contributed by atoms with Crippen molar-refractivity contribution in [1.82, 2.24) is 20.2 Å². The van der Waals surface area contributed by atoms with Gasteiger partial charge in [-0.3, -0.25) is 9.78 Å². The van der Waals surface area contributed by atoms with E-state index in [0.29, 0.717) is 16.3 Å². The lowest BCUT2D eigenvalue weighted by Gasteiger charge is -2.10. The first-order valence-electron chi connectivity index (χ1n) is 8.50. The lowest BCUT2D eigenvalue weighted by molar-refractivity contribution is -0.140. The van der Waals surface area contributed by atoms with Crippen molar-refractivity contribution < 1.29 is 22.7 Å². The first-order valence-corrected chi connectivity index (χ1v) is 9.49. The second-order valence-electron chi connectivity index (χ2n) is 5.67. The standard InChI is InChI=1S/C19H15F3N4O2S/c1-2-28-15(27)11-29-18-16(12-6-8-13(9-7-12)19(20,21)22)25-26-17(24-18)14-5-3-4-10-23-14/h3-10H,2,11H2,1H3. The largest absolute Gasteiger partial charge is 0.465 e. The van der Waals surface area contributed by atoms with Gasteiger partial charge < -0.3 is 4.74 Å². The maximum absolute atomic E-state index is 12.8. The monoisotopic (exact) mass is 420 g/mol. The zero-order valence-corrected chi connectivity index (χ0v) is 16.0. The summed E-state index contributed by atoms with van der Waals surface area (Å²) in [5, 5.41) is 8.52. The minimum Gasteiger partial charge on any atom is -0.465 e. The van der Waals surface area contributed by atoms with Crippen LogP contribution in [0.15, 0.2) is 53.7 Å². The number of thioether (sulfide) groups is 1. The Hall–Kier alpha value is -3.01. The highest BCUT2D eigenvalue weighted by molar-refractivity contribution is 8.00. The molecule has 0 unspecified atom stereocenters. The number of benzene rings is 1. The molecule has 0 aliphatic carbocycles. The Morgan fingerprint density at radius 3 is 2.48 bits per heavy atom. The molecule has 150 valence electrons. The van der Waals surface area contributed by atoms with Crippen molar-refractivity contribution in [2.24, 2.45) is 0 Å². The smallest absolute Gasteiger partial charge is 0.416 e. The predicted octanol–water partition coefficient (Wildman–Crippen LogP) is 4.27. The zero-order chi connectivity index (χ0) is 20.9. The number of rotatable bonds is 6. The van der Waals surface area contributed by atoms with Gasteiger partial charge in [0.05, 0.1) is 17.9 Å². The predicted molar refractivity (Wildman–Crippen MR) is 101 cm³/mol. The first-order chi connectivity index (χ1) is 13.9. The maximum Gasteiger partial charge on any atom is 0.416 e. The van der Waals surface area contributed by atoms with Crippen LogP contribution in [0.2, 0.25) is 0 Å². The summed E-state index contributed by atoms with van der Waals surface area (Å²) >= 11 is 1.07. The third kappa shape index (κ3) is 5.29. The molecule has 0 atom stereocenters. The van der Waals surface area contributed by atoms with Crippen molar-refractivity contribution in [3.8, 4) is 22.8 Å². The molecule has 0 saturated heterocycles. The van der Waals surface area contributed by atoms with Gasteiger partial charge in [0.15, 0.2) is 0 Å². The molecule has 0 aliphatic rings. The molecule has 0 bridgehead atoms. The molecule has 0 N–H and O–H groups in total. The Kier molecular flexibility index (Phi) is 6.42. The van der Waals surface area contributed by atoms with Crippen LogP contribution >= 0.6 is 11.8 Å². The van der Waals surface area contributed by atoms with Gasteiger partial charge in [-0.1, -0.05) is 30.0 Å². The van der Waals surface area contributed by atoms with Crippen molar-refractivity contribution in [2.75, 3.05) is 12.4 Å². The van der Waals surface area contributed by atoms with E-state index in [2.05, 4.69) is 20.2 Å². The van der Waals surface area contributed by atoms with Gasteiger partial charge in [0.1, 0.15) is 16.4 Å². The van der Waals surface area contributed by atoms with Crippen LogP contribution in [0.5, 0.6) is 0 Å². The average molecular weight is 420 g/mol. The van der Waals surface area contributed by atoms with Crippen molar-refractivity contribution >= 4 is 17.7 Å². The summed E-state index contributed by atoms with van der Waals surface area (Å²) in [5.41, 5.74) is 0.384. The molecular formula is C19H15F3N4O2S. The number of halogens is 3. The number of nitrogens with zero attached hydrogens (tertiary/aromatic N) is 4. The lowest BCUT2D eigenvalue weighted by Crippen LogP contribution is -2.08. The second kappa shape index (κ2) is 8.99. The topological polar surface area (TPSA) is 77.9 Å². The molecule has 3 aromatic rings. The van der Waals surface area contributed by atoms with Gasteiger partial charge in [0.25, 0.3) is 0 Å². The van der Waals surface area contributed by atoms with Crippen molar-refractivity contribution in [3.63, 3.8) is 0 Å². The summed E-state index contributed by atoms with van der Waals surface area (Å²) in [7, 11) is 0. The first kappa shape index (κ1) is 20.7. The number of hydrogen-bond acceptors (Lipinski definition) is 7. The third-order valence-electron chi connectivity index (χ3n) is 3.67. The number of aromatic nitrogens is 4. The van der Waals surface area contributed by atoms with E-state index >= 15 is 0 Å². The fourth-order valence-electron chi connectivity index (χ4n) is 2.34. The van der Waals surface area contributed by atoms with Gasteiger partial charge in [0.2, 0.25) is 5.82 Å². The molecule has 0 fully saturated rings. The Morgan fingerprint density at radius 1 is 1.10 bits per heavy atom. The Labute approximate surface area is 168 Å². The molecule has 0 amide bonds. The third-order valence-corrected chi connectivity index (χ3v) is 4.60. The molecule has 0 saturated carbocycles. The number of ether oxygens (including phenoxy) is 1. The summed E-state index contributed by atoms with van der Waals surface area (Å²) in [6, 6.07) is 9.72. The van der Waals surface area contributed by atoms with E-state index in [-0.39, 0.29) is 23.9 Å². The van der Waals surface area contributed by atoms with E-state index in [1.807, 2.05) is 0 Å². The molecule has 0 aliphatic heterocycles. The van der Waals surface area contributed by atoms with E-state index < -0.39 is 17.7 Å². The van der Waals surface area contributed by atoms with Crippen LogP contribution in [0.3, 0.4) is 0 Å². The highest BCUT2D eigenvalue weighted by atomic mass is 32.2. The van der Waals surface area contributed by atoms with Crippen LogP contribution in [-0.4, -0.2) is 38.5 Å². The zero-order valence-electron chi connectivity index (χ0n) is 15.2. The fraction of sp³-hybridized carbons (Fsp3) is 0.211. The summed E-state index contributed by atoms with van der Waals surface area (Å²) < 4.78 is 43.4. The van der Waals surface area contributed by atoms with Crippen LogP contribution in [0.1, 0.15) is 12.5 Å². The maximum atomic E-state index is 12.8. The molecule has 0 spiro atoms. The molecule has 29 heavy (non-hydrogen) atoms. The molecule has 2 aromatic heterocycles. The van der Waals surface area contributed by atoms with Crippen LogP contribution in [0, 0.1) is 0 Å². The summed E-state index contributed by atoms with van der Waals surface area (Å²) in [6.45, 7) is 1.94. The SMILES string of the molecule is CCOC(=O)CSc1nc(-c2ccccn2)nnc1-c1ccc(C(F)(F)F)cc1. The van der Waals surface area contributed by atoms with Gasteiger partial charge in [-0.15, -0.1) is 10.2 Å². The summed E-state index contributed by atoms with van der Waals surface area (Å²) in [4.78, 5) is 20.3. The lowest BCUT2D eigenvalue weighted by atomic mass is 10.1. The number of pyridine rings is 1. The van der Waals surface area contributed by atoms with Crippen LogP contribution in [0.25, 0.3) is 22.8 Å². The minimum atomic E-state index is -4.44. The van der Waals surface area contributed by atoms with E-state index in [9.17, 15) is 18.0 Å². The van der Waals surface area contributed by atoms with Gasteiger partial charge in [0, 0.05) is 11.8 Å². The molecule has 3 rings (SSSR count). The van der Waals surface area contributed by atoms with Gasteiger partial charge in [-0.05, 0) is 31.2 Å². The number of alkyl halides is 3. The molecule has 1 aromatic carbocycles. The normalized spacial score (nSPS) is 11.3. The van der Waals surface area contributed by atoms with E-state index in [1.165, 1.54) is 12.1 Å². The number of esters is 1. The average Bonchev–Trinajstić information content (AvgIpc) is 2.72. The highest BCUT2D eigenvalue weighted by Gasteiger charge is 2.30. The van der Waals surface area contributed by atoms with Crippen LogP contribution in [0.4, 0.5) is 13.2 Å². The van der Waals surface area contributed by atoms with E-state index in [1.54, 1.807) is 31.3 Å². The quantitative estimate of drug-likeness (QED) is 0.435. The summed E-state index contributed by atoms with van der Waals surface area (Å²) in [6.07, 6.45) is -2.86. The second-order valence-corrected chi connectivity index (χ2v) is 6.64. The Bertz CT molecular complexity index is 983. The Balaban J connectivity index is 1.97. The van der Waals surface area contributed by atoms with E-state index in [0.717, 1.165) is 23.9 Å². The van der Waals surface area contributed by atoms with Crippen molar-refractivity contribution in [3.05, 3.63) is 54.2 Å². The minimum absolute atomic E-state index is 0.0260. The van der Waals surface area contributed by atoms with Crippen molar-refractivity contribution in [2.45, 2.75) is 18.1 Å². The molecule has 2 heterocycles. The molecule has 10 heteroatoms. The number of carbonyl (C=O) groups is 1. The van der Waals surface area contributed by atoms with Gasteiger partial charge in [-0.25, -0.2) is 4.98 Å². The van der Waals surface area contributed by atoms with Crippen molar-refractivity contribution in [1.29, 1.82) is 0 Å². The molecular weight excluding hydrogens is 405 g/mol. The molecule has 0 radical (unpaired) electrons. The van der Waals surface area contributed by atoms with E-state index in [4.69, 9.17) is 4.74 Å². The van der Waals surface area contributed by atoms with Crippen LogP contribution in [-0.2, 0) is 15.7 Å². The number of hydrogen-bond donors (Lipinski definition) is 0. The highest BCUT2D eigenvalue weighted by Crippen LogP contribution is 2.33. The van der Waals surface area contributed by atoms with Crippen LogP contribution < -0.4 is 0 Å². The fourth-order valence-corrected chi connectivity index (χ4v) is 3.13. The Morgan fingerprint density at radius 2 is 1.86 bits per heavy atom.